The molecule has 1 heterocycles. The van der Waals surface area contributed by atoms with E-state index in [0.29, 0.717) is 16.9 Å². The second-order valence-electron chi connectivity index (χ2n) is 5.14. The molecule has 9 nitrogen and oxygen atoms in total. The molecule has 0 aliphatic carbocycles. The summed E-state index contributed by atoms with van der Waals surface area (Å²) < 4.78 is 29.0. The molecule has 0 saturated heterocycles. The van der Waals surface area contributed by atoms with E-state index in [1.54, 1.807) is 25.1 Å². The van der Waals surface area contributed by atoms with Crippen LogP contribution in [0.3, 0.4) is 0 Å². The van der Waals surface area contributed by atoms with Gasteiger partial charge in [0.25, 0.3) is 10.0 Å². The summed E-state index contributed by atoms with van der Waals surface area (Å²) in [6.07, 6.45) is 1.40. The molecule has 0 saturated carbocycles. The number of aromatic nitrogens is 4. The molecule has 0 bridgehead atoms. The van der Waals surface area contributed by atoms with Gasteiger partial charge in [0.05, 0.1) is 21.8 Å². The number of nitrogens with zero attached hydrogens (tertiary/aromatic N) is 4. The molecular weight excluding hydrogens is 346 g/mol. The average molecular weight is 359 g/mol. The number of hydrogen-bond acceptors (Lipinski definition) is 6. The van der Waals surface area contributed by atoms with Gasteiger partial charge < -0.3 is 5.11 Å². The summed E-state index contributed by atoms with van der Waals surface area (Å²) in [5.41, 5.74) is 1.47. The molecule has 0 fully saturated rings. The molecule has 0 aliphatic heterocycles. The Bertz CT molecular complexity index is 1030. The molecule has 0 atom stereocenters. The average Bonchev–Trinajstić information content (AvgIpc) is 3.11. The second kappa shape index (κ2) is 6.32. The standard InChI is InChI=1S/C15H13N5O4S/c1-10-13(6-3-7-14(10)20-9-16-18-19-20)17-25(23,24)12-5-2-4-11(8-12)15(21)22/h2-9,17H,1H3,(H,21,22). The molecule has 3 rings (SSSR count). The van der Waals surface area contributed by atoms with Gasteiger partial charge in [-0.15, -0.1) is 5.10 Å². The van der Waals surface area contributed by atoms with Crippen molar-refractivity contribution >= 4 is 21.7 Å². The van der Waals surface area contributed by atoms with E-state index in [4.69, 9.17) is 5.11 Å². The Morgan fingerprint density at radius 3 is 2.64 bits per heavy atom. The van der Waals surface area contributed by atoms with Gasteiger partial charge in [-0.05, 0) is 53.2 Å². The van der Waals surface area contributed by atoms with E-state index >= 15 is 0 Å². The highest BCUT2D eigenvalue weighted by Gasteiger charge is 2.18. The van der Waals surface area contributed by atoms with Gasteiger partial charge in [0.2, 0.25) is 0 Å². The van der Waals surface area contributed by atoms with Crippen LogP contribution in [-0.2, 0) is 10.0 Å². The number of rotatable bonds is 5. The summed E-state index contributed by atoms with van der Waals surface area (Å²) in [5, 5.41) is 19.9. The normalized spacial score (nSPS) is 11.2. The van der Waals surface area contributed by atoms with Gasteiger partial charge in [0, 0.05) is 0 Å². The maximum atomic E-state index is 12.6. The maximum Gasteiger partial charge on any atom is 0.335 e. The highest BCUT2D eigenvalue weighted by atomic mass is 32.2. The SMILES string of the molecule is Cc1c(NS(=O)(=O)c2cccc(C(=O)O)c2)cccc1-n1cnnn1. The zero-order chi connectivity index (χ0) is 18.0. The Hall–Kier alpha value is -3.27. The van der Waals surface area contributed by atoms with Crippen molar-refractivity contribution in [2.24, 2.45) is 0 Å². The minimum absolute atomic E-state index is 0.109. The van der Waals surface area contributed by atoms with E-state index < -0.39 is 16.0 Å². The van der Waals surface area contributed by atoms with Crippen LogP contribution in [0.1, 0.15) is 15.9 Å². The van der Waals surface area contributed by atoms with Crippen LogP contribution in [0, 0.1) is 6.92 Å². The second-order valence-corrected chi connectivity index (χ2v) is 6.82. The largest absolute Gasteiger partial charge is 0.478 e. The predicted molar refractivity (Wildman–Crippen MR) is 88.1 cm³/mol. The van der Waals surface area contributed by atoms with Crippen LogP contribution in [0.15, 0.2) is 53.7 Å². The fraction of sp³-hybridized carbons (Fsp3) is 0.0667. The number of carboxylic acids is 1. The number of nitrogens with one attached hydrogen (secondary N) is 1. The van der Waals surface area contributed by atoms with E-state index in [1.165, 1.54) is 29.2 Å². The number of benzene rings is 2. The van der Waals surface area contributed by atoms with Gasteiger partial charge in [0.15, 0.2) is 0 Å². The van der Waals surface area contributed by atoms with Gasteiger partial charge in [-0.3, -0.25) is 4.72 Å². The molecular formula is C15H13N5O4S. The lowest BCUT2D eigenvalue weighted by Crippen LogP contribution is -2.15. The molecule has 1 aromatic heterocycles. The number of aromatic carboxylic acids is 1. The highest BCUT2D eigenvalue weighted by Crippen LogP contribution is 2.24. The molecule has 0 aliphatic rings. The van der Waals surface area contributed by atoms with E-state index in [2.05, 4.69) is 20.2 Å². The minimum atomic E-state index is -3.95. The van der Waals surface area contributed by atoms with E-state index in [0.717, 1.165) is 6.07 Å². The third-order valence-electron chi connectivity index (χ3n) is 3.54. The first kappa shape index (κ1) is 16.6. The number of carbonyl (C=O) groups is 1. The van der Waals surface area contributed by atoms with Crippen molar-refractivity contribution in [3.05, 3.63) is 59.9 Å². The van der Waals surface area contributed by atoms with Crippen LogP contribution >= 0.6 is 0 Å². The molecule has 3 aromatic rings. The summed E-state index contributed by atoms with van der Waals surface area (Å²) in [5.74, 6) is -1.20. The first-order valence-corrected chi connectivity index (χ1v) is 8.56. The lowest BCUT2D eigenvalue weighted by molar-refractivity contribution is 0.0696. The Kier molecular flexibility index (Phi) is 4.19. The van der Waals surface area contributed by atoms with Crippen LogP contribution in [0.25, 0.3) is 5.69 Å². The Morgan fingerprint density at radius 1 is 1.20 bits per heavy atom. The topological polar surface area (TPSA) is 127 Å². The summed E-state index contributed by atoms with van der Waals surface area (Å²) in [4.78, 5) is 10.9. The van der Waals surface area contributed by atoms with Gasteiger partial charge >= 0.3 is 5.97 Å². The molecule has 0 radical (unpaired) electrons. The van der Waals surface area contributed by atoms with Crippen molar-refractivity contribution in [1.29, 1.82) is 0 Å². The van der Waals surface area contributed by atoms with Gasteiger partial charge in [-0.2, -0.15) is 0 Å². The van der Waals surface area contributed by atoms with Gasteiger partial charge in [-0.25, -0.2) is 17.9 Å². The van der Waals surface area contributed by atoms with Crippen molar-refractivity contribution < 1.29 is 18.3 Å². The number of carboxylic acid groups (broad SMARTS) is 1. The van der Waals surface area contributed by atoms with Crippen molar-refractivity contribution in [2.45, 2.75) is 11.8 Å². The summed E-state index contributed by atoms with van der Waals surface area (Å²) in [6, 6.07) is 10.1. The van der Waals surface area contributed by atoms with Crippen LogP contribution in [0.4, 0.5) is 5.69 Å². The number of sulfonamides is 1. The van der Waals surface area contributed by atoms with Crippen LogP contribution in [0.5, 0.6) is 0 Å². The summed E-state index contributed by atoms with van der Waals surface area (Å²) >= 11 is 0. The Balaban J connectivity index is 1.98. The van der Waals surface area contributed by atoms with Gasteiger partial charge in [-0.1, -0.05) is 12.1 Å². The third kappa shape index (κ3) is 3.33. The molecule has 2 aromatic carbocycles. The number of tetrazole rings is 1. The summed E-state index contributed by atoms with van der Waals surface area (Å²) in [7, 11) is -3.95. The number of anilines is 1. The lowest BCUT2D eigenvalue weighted by Gasteiger charge is -2.13. The molecule has 0 unspecified atom stereocenters. The monoisotopic (exact) mass is 359 g/mol. The fourth-order valence-electron chi connectivity index (χ4n) is 2.25. The maximum absolute atomic E-state index is 12.6. The Morgan fingerprint density at radius 2 is 1.96 bits per heavy atom. The van der Waals surface area contributed by atoms with Crippen molar-refractivity contribution in [1.82, 2.24) is 20.2 Å². The lowest BCUT2D eigenvalue weighted by atomic mass is 10.1. The van der Waals surface area contributed by atoms with Crippen LogP contribution in [-0.4, -0.2) is 39.7 Å². The van der Waals surface area contributed by atoms with Crippen molar-refractivity contribution in [3.63, 3.8) is 0 Å². The third-order valence-corrected chi connectivity index (χ3v) is 4.90. The zero-order valence-corrected chi connectivity index (χ0v) is 13.8. The number of hydrogen-bond donors (Lipinski definition) is 2. The quantitative estimate of drug-likeness (QED) is 0.706. The smallest absolute Gasteiger partial charge is 0.335 e. The van der Waals surface area contributed by atoms with E-state index in [1.807, 2.05) is 0 Å². The molecule has 0 spiro atoms. The predicted octanol–water partition coefficient (Wildman–Crippen LogP) is 1.47. The molecule has 128 valence electrons. The highest BCUT2D eigenvalue weighted by molar-refractivity contribution is 7.92. The Labute approximate surface area is 143 Å². The van der Waals surface area contributed by atoms with E-state index in [-0.39, 0.29) is 10.5 Å². The molecule has 10 heteroatoms. The molecule has 25 heavy (non-hydrogen) atoms. The van der Waals surface area contributed by atoms with E-state index in [9.17, 15) is 13.2 Å². The first-order valence-electron chi connectivity index (χ1n) is 7.07. The molecule has 0 amide bonds. The van der Waals surface area contributed by atoms with Gasteiger partial charge in [0.1, 0.15) is 6.33 Å². The van der Waals surface area contributed by atoms with Crippen LogP contribution < -0.4 is 4.72 Å². The minimum Gasteiger partial charge on any atom is -0.478 e. The first-order chi connectivity index (χ1) is 11.9. The van der Waals surface area contributed by atoms with Crippen molar-refractivity contribution in [2.75, 3.05) is 4.72 Å². The molecule has 2 N–H and O–H groups in total. The van der Waals surface area contributed by atoms with Crippen LogP contribution in [0.2, 0.25) is 0 Å². The van der Waals surface area contributed by atoms with Crippen molar-refractivity contribution in [3.8, 4) is 5.69 Å². The zero-order valence-electron chi connectivity index (χ0n) is 13.0. The fourth-order valence-corrected chi connectivity index (χ4v) is 3.42. The summed E-state index contributed by atoms with van der Waals surface area (Å²) in [6.45, 7) is 1.72.